The van der Waals surface area contributed by atoms with E-state index in [0.717, 1.165) is 15.6 Å². The van der Waals surface area contributed by atoms with Gasteiger partial charge in [-0.25, -0.2) is 0 Å². The van der Waals surface area contributed by atoms with Gasteiger partial charge in [0.2, 0.25) is 0 Å². The predicted molar refractivity (Wildman–Crippen MR) is 58.2 cm³/mol. The van der Waals surface area contributed by atoms with Crippen molar-refractivity contribution in [2.45, 2.75) is 13.8 Å². The molecule has 0 aliphatic heterocycles. The van der Waals surface area contributed by atoms with Crippen molar-refractivity contribution in [3.63, 3.8) is 0 Å². The highest BCUT2D eigenvalue weighted by molar-refractivity contribution is 9.10. The molecule has 0 aromatic heterocycles. The van der Waals surface area contributed by atoms with E-state index < -0.39 is 13.5 Å². The highest BCUT2D eigenvalue weighted by Gasteiger charge is 2.24. The molecule has 6 heteroatoms. The average Bonchev–Trinajstić information content (AvgIpc) is 2.09. The van der Waals surface area contributed by atoms with Gasteiger partial charge in [0.05, 0.1) is 6.51 Å². The van der Waals surface area contributed by atoms with Gasteiger partial charge in [0, 0.05) is 4.47 Å². The lowest BCUT2D eigenvalue weighted by Crippen LogP contribution is -2.26. The molecule has 0 spiro atoms. The normalized spacial score (nSPS) is 11.6. The summed E-state index contributed by atoms with van der Waals surface area (Å²) >= 11 is 3.33. The summed E-state index contributed by atoms with van der Waals surface area (Å²) in [6.07, 6.45) is 0. The van der Waals surface area contributed by atoms with Gasteiger partial charge >= 0.3 is 6.98 Å². The van der Waals surface area contributed by atoms with E-state index in [1.807, 2.05) is 13.8 Å². The first-order valence-electron chi connectivity index (χ1n) is 4.40. The molecule has 1 aromatic rings. The van der Waals surface area contributed by atoms with Crippen LogP contribution in [0.3, 0.4) is 0 Å². The van der Waals surface area contributed by atoms with E-state index in [2.05, 4.69) is 20.7 Å². The number of hydrogen-bond acceptors (Lipinski definition) is 1. The first-order chi connectivity index (χ1) is 6.79. The third kappa shape index (κ3) is 3.78. The number of halogens is 4. The molecule has 0 heterocycles. The second-order valence-electron chi connectivity index (χ2n) is 3.39. The van der Waals surface area contributed by atoms with Crippen molar-refractivity contribution in [1.82, 2.24) is 0 Å². The lowest BCUT2D eigenvalue weighted by Gasteiger charge is -2.16. The summed E-state index contributed by atoms with van der Waals surface area (Å²) in [5.74, 6) is 0.257. The molecule has 0 unspecified atom stereocenters. The predicted octanol–water partition coefficient (Wildman–Crippen LogP) is 3.83. The number of aryl methyl sites for hydroxylation is 2. The molecule has 0 radical (unpaired) electrons. The Hall–Kier alpha value is -0.645. The van der Waals surface area contributed by atoms with Crippen LogP contribution in [0.25, 0.3) is 0 Å². The second kappa shape index (κ2) is 4.47. The van der Waals surface area contributed by atoms with Crippen molar-refractivity contribution in [2.24, 2.45) is 0 Å². The van der Waals surface area contributed by atoms with Crippen LogP contribution in [0.2, 0.25) is 0 Å². The van der Waals surface area contributed by atoms with Crippen LogP contribution in [0, 0.1) is 13.8 Å². The van der Waals surface area contributed by atoms with Crippen molar-refractivity contribution < 1.29 is 17.7 Å². The van der Waals surface area contributed by atoms with Crippen molar-refractivity contribution >= 4 is 22.9 Å². The van der Waals surface area contributed by atoms with E-state index >= 15 is 0 Å². The lowest BCUT2D eigenvalue weighted by atomic mass is 9.95. The van der Waals surface area contributed by atoms with Gasteiger partial charge in [-0.2, -0.15) is 0 Å². The van der Waals surface area contributed by atoms with Crippen molar-refractivity contribution in [3.05, 3.63) is 27.7 Å². The first-order valence-corrected chi connectivity index (χ1v) is 5.19. The lowest BCUT2D eigenvalue weighted by molar-refractivity contribution is 0.313. The largest absolute Gasteiger partial charge is 0.522 e. The minimum Gasteiger partial charge on any atom is -0.522 e. The third-order valence-electron chi connectivity index (χ3n) is 1.85. The zero-order chi connectivity index (χ0) is 11.6. The molecule has 0 saturated heterocycles. The Morgan fingerprint density at radius 3 is 2.07 bits per heavy atom. The summed E-state index contributed by atoms with van der Waals surface area (Å²) in [5.41, 5.74) is 1.72. The maximum absolute atomic E-state index is 11.9. The van der Waals surface area contributed by atoms with E-state index in [4.69, 9.17) is 0 Å². The Labute approximate surface area is 94.8 Å². The van der Waals surface area contributed by atoms with Crippen molar-refractivity contribution in [3.8, 4) is 5.75 Å². The summed E-state index contributed by atoms with van der Waals surface area (Å²) in [6.45, 7) is -2.47. The number of hydrogen-bond donors (Lipinski definition) is 0. The Kier molecular flexibility index (Phi) is 3.70. The second-order valence-corrected chi connectivity index (χ2v) is 4.19. The van der Waals surface area contributed by atoms with Crippen molar-refractivity contribution in [2.75, 3.05) is 6.51 Å². The van der Waals surface area contributed by atoms with Gasteiger partial charge in [-0.3, -0.25) is 0 Å². The summed E-state index contributed by atoms with van der Waals surface area (Å²) in [5, 5.41) is 0. The van der Waals surface area contributed by atoms with Gasteiger partial charge in [0.15, 0.2) is 0 Å². The van der Waals surface area contributed by atoms with Crippen LogP contribution in [-0.2, 0) is 0 Å². The molecule has 0 aliphatic carbocycles. The molecule has 0 bridgehead atoms. The van der Waals surface area contributed by atoms with Gasteiger partial charge in [-0.05, 0) is 37.1 Å². The standard InChI is InChI=1S/C9H10BBrF3O/c1-6-3-8(4-7(2)9(6)11)15-5-10(12,13)14/h3-4H,5H2,1-2H3/q-1. The number of ether oxygens (including phenoxy) is 1. The Morgan fingerprint density at radius 1 is 1.20 bits per heavy atom. The van der Waals surface area contributed by atoms with E-state index in [-0.39, 0.29) is 5.75 Å². The van der Waals surface area contributed by atoms with Crippen LogP contribution in [0.1, 0.15) is 11.1 Å². The highest BCUT2D eigenvalue weighted by Crippen LogP contribution is 2.26. The van der Waals surface area contributed by atoms with Crippen LogP contribution < -0.4 is 4.74 Å². The molecular weight excluding hydrogens is 272 g/mol. The molecule has 0 atom stereocenters. The monoisotopic (exact) mass is 281 g/mol. The molecule has 0 aliphatic rings. The fourth-order valence-electron chi connectivity index (χ4n) is 1.18. The smallest absolute Gasteiger partial charge is 0.515 e. The maximum atomic E-state index is 11.9. The summed E-state index contributed by atoms with van der Waals surface area (Å²) in [7, 11) is 0. The summed E-state index contributed by atoms with van der Waals surface area (Å²) in [6, 6.07) is 3.16. The highest BCUT2D eigenvalue weighted by atomic mass is 79.9. The van der Waals surface area contributed by atoms with Gasteiger partial charge in [0.25, 0.3) is 0 Å². The molecule has 0 N–H and O–H groups in total. The molecule has 1 aromatic carbocycles. The van der Waals surface area contributed by atoms with E-state index in [9.17, 15) is 12.9 Å². The molecule has 0 amide bonds. The van der Waals surface area contributed by atoms with Crippen LogP contribution in [0.4, 0.5) is 12.9 Å². The SMILES string of the molecule is Cc1cc(OC[B-](F)(F)F)cc(C)c1Br. The van der Waals surface area contributed by atoms with E-state index in [1.54, 1.807) is 12.1 Å². The van der Waals surface area contributed by atoms with E-state index in [0.29, 0.717) is 0 Å². The summed E-state index contributed by atoms with van der Waals surface area (Å²) in [4.78, 5) is 0. The zero-order valence-corrected chi connectivity index (χ0v) is 9.95. The van der Waals surface area contributed by atoms with Crippen LogP contribution in [0.5, 0.6) is 5.75 Å². The Bertz CT molecular complexity index is 342. The molecule has 1 rings (SSSR count). The minimum absolute atomic E-state index is 0.257. The van der Waals surface area contributed by atoms with Gasteiger partial charge < -0.3 is 17.7 Å². The van der Waals surface area contributed by atoms with Gasteiger partial charge in [-0.15, -0.1) is 0 Å². The fourth-order valence-corrected chi connectivity index (χ4v) is 1.41. The summed E-state index contributed by atoms with van der Waals surface area (Å²) < 4.78 is 41.4. The van der Waals surface area contributed by atoms with Crippen LogP contribution in [0.15, 0.2) is 16.6 Å². The molecular formula is C9H10BBrF3O-. The third-order valence-corrected chi connectivity index (χ3v) is 3.10. The fraction of sp³-hybridized carbons (Fsp3) is 0.333. The molecule has 1 nitrogen and oxygen atoms in total. The Morgan fingerprint density at radius 2 is 1.67 bits per heavy atom. The quantitative estimate of drug-likeness (QED) is 0.765. The van der Waals surface area contributed by atoms with Crippen LogP contribution in [-0.4, -0.2) is 13.5 Å². The number of rotatable bonds is 3. The molecule has 15 heavy (non-hydrogen) atoms. The minimum atomic E-state index is -4.89. The van der Waals surface area contributed by atoms with Crippen molar-refractivity contribution in [1.29, 1.82) is 0 Å². The first kappa shape index (κ1) is 12.4. The maximum Gasteiger partial charge on any atom is 0.515 e. The van der Waals surface area contributed by atoms with Gasteiger partial charge in [0.1, 0.15) is 5.75 Å². The van der Waals surface area contributed by atoms with Crippen LogP contribution >= 0.6 is 15.9 Å². The van der Waals surface area contributed by atoms with Gasteiger partial charge in [-0.1, -0.05) is 15.9 Å². The molecule has 0 fully saturated rings. The average molecular weight is 282 g/mol. The molecule has 0 saturated carbocycles. The number of benzene rings is 1. The zero-order valence-electron chi connectivity index (χ0n) is 8.36. The van der Waals surface area contributed by atoms with E-state index in [1.165, 1.54) is 0 Å². The Balaban J connectivity index is 2.80. The molecule has 84 valence electrons. The topological polar surface area (TPSA) is 9.23 Å².